The van der Waals surface area contributed by atoms with Crippen molar-refractivity contribution in [3.05, 3.63) is 0 Å². The van der Waals surface area contributed by atoms with Crippen LogP contribution in [0.2, 0.25) is 0 Å². The predicted octanol–water partition coefficient (Wildman–Crippen LogP) is 0.233. The third-order valence-corrected chi connectivity index (χ3v) is 5.02. The Morgan fingerprint density at radius 1 is 0.923 bits per heavy atom. The van der Waals surface area contributed by atoms with Crippen molar-refractivity contribution in [2.45, 2.75) is 89.2 Å². The van der Waals surface area contributed by atoms with E-state index in [0.717, 1.165) is 19.3 Å². The van der Waals surface area contributed by atoms with Gasteiger partial charge >= 0.3 is 41.5 Å². The molecule has 0 saturated heterocycles. The monoisotopic (exact) mass is 402 g/mol. The molecule has 1 N–H and O–H groups in total. The van der Waals surface area contributed by atoms with Gasteiger partial charge in [-0.15, -0.1) is 0 Å². The molecule has 0 radical (unpaired) electrons. The Bertz CT molecular complexity index is 480. The van der Waals surface area contributed by atoms with Gasteiger partial charge in [0.2, 0.25) is 0 Å². The van der Waals surface area contributed by atoms with Crippen molar-refractivity contribution in [3.8, 4) is 0 Å². The van der Waals surface area contributed by atoms with Gasteiger partial charge in [0, 0.05) is 0 Å². The fraction of sp³-hybridized carbons (Fsp3) is 0.882. The Kier molecular flexibility index (Phi) is 18.3. The van der Waals surface area contributed by atoms with E-state index in [9.17, 15) is 22.6 Å². The second-order valence-electron chi connectivity index (χ2n) is 6.28. The van der Waals surface area contributed by atoms with E-state index in [2.05, 4.69) is 6.92 Å². The number of carbonyl (C=O) groups is 2. The van der Waals surface area contributed by atoms with Crippen LogP contribution in [-0.4, -0.2) is 41.9 Å². The molecule has 1 unspecified atom stereocenters. The summed E-state index contributed by atoms with van der Waals surface area (Å²) in [5, 5.41) is 6.39. The van der Waals surface area contributed by atoms with E-state index in [4.69, 9.17) is 9.84 Å². The zero-order valence-corrected chi connectivity index (χ0v) is 18.9. The van der Waals surface area contributed by atoms with Crippen LogP contribution in [-0.2, 0) is 24.4 Å². The van der Waals surface area contributed by atoms with Gasteiger partial charge in [0.05, 0.1) is 13.0 Å². The molecule has 0 bridgehead atoms. The molecule has 0 spiro atoms. The first kappa shape index (κ1) is 28.1. The van der Waals surface area contributed by atoms with E-state index in [1.54, 1.807) is 0 Å². The Morgan fingerprint density at radius 3 is 1.73 bits per heavy atom. The number of ether oxygens (including phenoxy) is 1. The normalized spacial score (nSPS) is 12.2. The van der Waals surface area contributed by atoms with E-state index in [0.29, 0.717) is 6.42 Å². The van der Waals surface area contributed by atoms with Crippen LogP contribution in [0, 0.1) is 0 Å². The van der Waals surface area contributed by atoms with Crippen molar-refractivity contribution >= 4 is 22.1 Å². The molecule has 0 aromatic carbocycles. The first-order valence-corrected chi connectivity index (χ1v) is 10.6. The Balaban J connectivity index is 0. The summed E-state index contributed by atoms with van der Waals surface area (Å²) in [6.07, 6.45) is 11.3. The summed E-state index contributed by atoms with van der Waals surface area (Å²) in [5.41, 5.74) is 0. The van der Waals surface area contributed by atoms with Crippen LogP contribution in [0.1, 0.15) is 84.0 Å². The average molecular weight is 402 g/mol. The third-order valence-electron chi connectivity index (χ3n) is 3.96. The Morgan fingerprint density at radius 2 is 1.35 bits per heavy atom. The molecule has 26 heavy (non-hydrogen) atoms. The van der Waals surface area contributed by atoms with E-state index in [1.807, 2.05) is 0 Å². The van der Waals surface area contributed by atoms with Crippen molar-refractivity contribution in [2.75, 3.05) is 6.61 Å². The number of aliphatic carboxylic acids is 1. The van der Waals surface area contributed by atoms with Gasteiger partial charge in [-0.2, -0.15) is 0 Å². The minimum absolute atomic E-state index is 0. The molecule has 1 atom stereocenters. The number of esters is 1. The van der Waals surface area contributed by atoms with Crippen molar-refractivity contribution < 1.29 is 62.0 Å². The number of rotatable bonds is 16. The number of carboxylic acids is 1. The molecule has 0 aliphatic heterocycles. The molecule has 0 aliphatic rings. The summed E-state index contributed by atoms with van der Waals surface area (Å²) in [6.45, 7) is 2.20. The number of hydrogen-bond acceptors (Lipinski definition) is 6. The zero-order chi connectivity index (χ0) is 19.1. The van der Waals surface area contributed by atoms with Crippen molar-refractivity contribution in [1.29, 1.82) is 0 Å². The van der Waals surface area contributed by atoms with Crippen LogP contribution in [0.15, 0.2) is 0 Å². The molecule has 0 heterocycles. The zero-order valence-electron chi connectivity index (χ0n) is 16.1. The second kappa shape index (κ2) is 17.0. The number of carbonyl (C=O) groups excluding carboxylic acids is 1. The maximum Gasteiger partial charge on any atom is 1.00 e. The predicted molar refractivity (Wildman–Crippen MR) is 93.2 cm³/mol. The Hall–Kier alpha value is -0.150. The molecule has 0 saturated carbocycles. The maximum absolute atomic E-state index is 11.5. The summed E-state index contributed by atoms with van der Waals surface area (Å²) < 4.78 is 37.5. The van der Waals surface area contributed by atoms with Crippen molar-refractivity contribution in [2.24, 2.45) is 0 Å². The first-order chi connectivity index (χ1) is 11.8. The van der Waals surface area contributed by atoms with Gasteiger partial charge in [0.25, 0.3) is 0 Å². The van der Waals surface area contributed by atoms with Crippen molar-refractivity contribution in [3.63, 3.8) is 0 Å². The molecule has 9 heteroatoms. The minimum atomic E-state index is -5.03. The Labute approximate surface area is 179 Å². The molecule has 148 valence electrons. The number of hydrogen-bond donors (Lipinski definition) is 1. The van der Waals surface area contributed by atoms with E-state index in [-0.39, 0.29) is 36.2 Å². The maximum atomic E-state index is 11.5. The molecule has 0 fully saturated rings. The van der Waals surface area contributed by atoms with Gasteiger partial charge in [0.15, 0.2) is 5.25 Å². The van der Waals surface area contributed by atoms with Crippen LogP contribution in [0.3, 0.4) is 0 Å². The molecule has 0 amide bonds. The molecule has 0 rings (SSSR count). The van der Waals surface area contributed by atoms with Gasteiger partial charge in [-0.05, 0) is 6.42 Å². The molecule has 0 aromatic heterocycles. The standard InChI is InChI=1S/C17H32O7S.Na/c1-2-3-4-5-6-7-8-9-10-11-12-13-24-17(20)15(14-16(18)19)25(21,22)23;/h15H,2-14H2,1H3,(H,18,19)(H,21,22,23);/q;+1/p-1. The summed E-state index contributed by atoms with van der Waals surface area (Å²) in [4.78, 5) is 22.1. The first-order valence-electron chi connectivity index (χ1n) is 9.12. The van der Waals surface area contributed by atoms with Gasteiger partial charge < -0.3 is 14.4 Å². The molecule has 0 aromatic rings. The number of carboxylic acid groups (broad SMARTS) is 1. The van der Waals surface area contributed by atoms with Gasteiger partial charge in [0.1, 0.15) is 10.1 Å². The van der Waals surface area contributed by atoms with E-state index in [1.165, 1.54) is 44.9 Å². The molecular weight excluding hydrogens is 371 g/mol. The molecular formula is C17H31NaO7S. The van der Waals surface area contributed by atoms with E-state index < -0.39 is 33.7 Å². The summed E-state index contributed by atoms with van der Waals surface area (Å²) in [5.74, 6) is -2.81. The van der Waals surface area contributed by atoms with Crippen LogP contribution in [0.5, 0.6) is 0 Å². The van der Waals surface area contributed by atoms with Gasteiger partial charge in [-0.25, -0.2) is 8.42 Å². The fourth-order valence-electron chi connectivity index (χ4n) is 2.49. The van der Waals surface area contributed by atoms with Crippen LogP contribution < -0.4 is 29.6 Å². The quantitative estimate of drug-likeness (QED) is 0.170. The smallest absolute Gasteiger partial charge is 0.747 e. The summed E-state index contributed by atoms with van der Waals surface area (Å²) in [7, 11) is -5.03. The average Bonchev–Trinajstić information content (AvgIpc) is 2.52. The van der Waals surface area contributed by atoms with Crippen LogP contribution in [0.25, 0.3) is 0 Å². The summed E-state index contributed by atoms with van der Waals surface area (Å²) in [6, 6.07) is 0. The largest absolute Gasteiger partial charge is 1.00 e. The number of unbranched alkanes of at least 4 members (excludes halogenated alkanes) is 10. The van der Waals surface area contributed by atoms with E-state index >= 15 is 0 Å². The third kappa shape index (κ3) is 16.1. The minimum Gasteiger partial charge on any atom is -0.747 e. The topological polar surface area (TPSA) is 121 Å². The van der Waals surface area contributed by atoms with Crippen LogP contribution in [0.4, 0.5) is 0 Å². The molecule has 0 aliphatic carbocycles. The SMILES string of the molecule is CCCCCCCCCCCCCOC(=O)C(CC(=O)O)S(=O)(=O)[O-].[Na+]. The van der Waals surface area contributed by atoms with Gasteiger partial charge in [-0.3, -0.25) is 9.59 Å². The fourth-order valence-corrected chi connectivity index (χ4v) is 3.14. The second-order valence-corrected chi connectivity index (χ2v) is 7.84. The summed E-state index contributed by atoms with van der Waals surface area (Å²) >= 11 is 0. The van der Waals surface area contributed by atoms with Gasteiger partial charge in [-0.1, -0.05) is 71.1 Å². The molecule has 7 nitrogen and oxygen atoms in total. The van der Waals surface area contributed by atoms with Crippen molar-refractivity contribution in [1.82, 2.24) is 0 Å². The van der Waals surface area contributed by atoms with Crippen LogP contribution >= 0.6 is 0 Å².